The molecule has 1 heterocycles. The molecule has 0 saturated carbocycles. The minimum absolute atomic E-state index is 0.348. The van der Waals surface area contributed by atoms with Crippen molar-refractivity contribution in [3.63, 3.8) is 0 Å². The molecule has 0 atom stereocenters. The van der Waals surface area contributed by atoms with Gasteiger partial charge in [0.2, 0.25) is 0 Å². The van der Waals surface area contributed by atoms with Crippen LogP contribution in [0, 0.1) is 5.82 Å². The molecular formula is C11H12BrFN4O. The Morgan fingerprint density at radius 2 is 2.28 bits per heavy atom. The number of hydrogen-bond acceptors (Lipinski definition) is 4. The predicted octanol–water partition coefficient (Wildman–Crippen LogP) is 1.72. The van der Waals surface area contributed by atoms with Crippen LogP contribution in [-0.2, 0) is 13.1 Å². The number of hydrogen-bond donors (Lipinski definition) is 1. The first-order valence-electron chi connectivity index (χ1n) is 5.36. The van der Waals surface area contributed by atoms with Crippen molar-refractivity contribution < 1.29 is 9.13 Å². The zero-order chi connectivity index (χ0) is 13.0. The summed E-state index contributed by atoms with van der Waals surface area (Å²) in [5.74, 6) is 0.133. The van der Waals surface area contributed by atoms with Crippen LogP contribution in [-0.4, -0.2) is 21.6 Å². The lowest BCUT2D eigenvalue weighted by Gasteiger charge is -2.06. The smallest absolute Gasteiger partial charge is 0.141 e. The third-order valence-electron chi connectivity index (χ3n) is 2.28. The standard InChI is InChI=1S/C11H12BrFN4O/c12-10-2-1-9(5-11(10)13)18-4-3-17-7-8(6-14)15-16-17/h1-2,5,7H,3-4,6,14H2. The topological polar surface area (TPSA) is 66.0 Å². The van der Waals surface area contributed by atoms with E-state index in [4.69, 9.17) is 10.5 Å². The number of halogens is 2. The Balaban J connectivity index is 1.86. The lowest BCUT2D eigenvalue weighted by atomic mass is 10.3. The Hall–Kier alpha value is -1.47. The maximum absolute atomic E-state index is 13.2. The second-order valence-corrected chi connectivity index (χ2v) is 4.46. The molecule has 0 amide bonds. The van der Waals surface area contributed by atoms with Crippen molar-refractivity contribution in [2.24, 2.45) is 5.73 Å². The summed E-state index contributed by atoms with van der Waals surface area (Å²) in [6, 6.07) is 4.63. The maximum atomic E-state index is 13.2. The minimum atomic E-state index is -0.348. The summed E-state index contributed by atoms with van der Waals surface area (Å²) in [6.45, 7) is 1.28. The average Bonchev–Trinajstić information content (AvgIpc) is 2.82. The molecule has 0 radical (unpaired) electrons. The number of aromatic nitrogens is 3. The third kappa shape index (κ3) is 3.27. The second-order valence-electron chi connectivity index (χ2n) is 3.60. The number of nitrogens with two attached hydrogens (primary N) is 1. The molecule has 0 aliphatic heterocycles. The van der Waals surface area contributed by atoms with Gasteiger partial charge < -0.3 is 10.5 Å². The summed E-state index contributed by atoms with van der Waals surface area (Å²) >= 11 is 3.08. The van der Waals surface area contributed by atoms with Gasteiger partial charge in [0.15, 0.2) is 0 Å². The molecule has 96 valence electrons. The van der Waals surface area contributed by atoms with Crippen molar-refractivity contribution in [2.75, 3.05) is 6.61 Å². The molecule has 0 saturated heterocycles. The monoisotopic (exact) mass is 314 g/mol. The Morgan fingerprint density at radius 1 is 1.44 bits per heavy atom. The van der Waals surface area contributed by atoms with Crippen LogP contribution in [0.25, 0.3) is 0 Å². The largest absolute Gasteiger partial charge is 0.492 e. The molecule has 0 aliphatic rings. The lowest BCUT2D eigenvalue weighted by molar-refractivity contribution is 0.288. The third-order valence-corrected chi connectivity index (χ3v) is 2.92. The molecule has 0 aliphatic carbocycles. The molecule has 1 aromatic heterocycles. The van der Waals surface area contributed by atoms with Gasteiger partial charge in [-0.3, -0.25) is 0 Å². The molecule has 2 aromatic rings. The van der Waals surface area contributed by atoms with E-state index in [1.807, 2.05) is 0 Å². The van der Waals surface area contributed by atoms with E-state index in [1.54, 1.807) is 23.0 Å². The lowest BCUT2D eigenvalue weighted by Crippen LogP contribution is -2.08. The summed E-state index contributed by atoms with van der Waals surface area (Å²) < 4.78 is 20.7. The van der Waals surface area contributed by atoms with Crippen LogP contribution in [0.3, 0.4) is 0 Å². The Kier molecular flexibility index (Phi) is 4.27. The zero-order valence-corrected chi connectivity index (χ0v) is 11.1. The van der Waals surface area contributed by atoms with Crippen LogP contribution in [0.1, 0.15) is 5.69 Å². The van der Waals surface area contributed by atoms with Gasteiger partial charge in [-0.05, 0) is 28.1 Å². The van der Waals surface area contributed by atoms with Crippen molar-refractivity contribution in [3.8, 4) is 5.75 Å². The number of nitrogens with zero attached hydrogens (tertiary/aromatic N) is 3. The van der Waals surface area contributed by atoms with Crippen LogP contribution in [0.2, 0.25) is 0 Å². The summed E-state index contributed by atoms with van der Waals surface area (Å²) in [7, 11) is 0. The fourth-order valence-electron chi connectivity index (χ4n) is 1.37. The van der Waals surface area contributed by atoms with E-state index >= 15 is 0 Å². The predicted molar refractivity (Wildman–Crippen MR) is 67.5 cm³/mol. The number of benzene rings is 1. The van der Waals surface area contributed by atoms with Gasteiger partial charge in [0, 0.05) is 18.8 Å². The molecule has 0 unspecified atom stereocenters. The van der Waals surface area contributed by atoms with Gasteiger partial charge in [0.1, 0.15) is 18.2 Å². The molecule has 5 nitrogen and oxygen atoms in total. The summed E-state index contributed by atoms with van der Waals surface area (Å²) in [5, 5.41) is 7.73. The van der Waals surface area contributed by atoms with Crippen LogP contribution >= 0.6 is 15.9 Å². The van der Waals surface area contributed by atoms with Crippen molar-refractivity contribution in [2.45, 2.75) is 13.1 Å². The van der Waals surface area contributed by atoms with Crippen LogP contribution in [0.5, 0.6) is 5.75 Å². The Morgan fingerprint density at radius 3 is 2.94 bits per heavy atom. The van der Waals surface area contributed by atoms with Crippen molar-refractivity contribution in [3.05, 3.63) is 40.4 Å². The number of rotatable bonds is 5. The summed E-state index contributed by atoms with van der Waals surface area (Å²) in [5.41, 5.74) is 6.15. The van der Waals surface area contributed by atoms with Gasteiger partial charge in [0.05, 0.1) is 16.7 Å². The fraction of sp³-hybridized carbons (Fsp3) is 0.273. The first-order chi connectivity index (χ1) is 8.69. The van der Waals surface area contributed by atoms with Crippen molar-refractivity contribution in [1.82, 2.24) is 15.0 Å². The highest BCUT2D eigenvalue weighted by molar-refractivity contribution is 9.10. The van der Waals surface area contributed by atoms with Gasteiger partial charge in [0.25, 0.3) is 0 Å². The van der Waals surface area contributed by atoms with E-state index in [1.165, 1.54) is 6.07 Å². The Labute approximate surface area is 112 Å². The Bertz CT molecular complexity index is 532. The van der Waals surface area contributed by atoms with Gasteiger partial charge in [-0.1, -0.05) is 5.21 Å². The van der Waals surface area contributed by atoms with E-state index < -0.39 is 0 Å². The maximum Gasteiger partial charge on any atom is 0.141 e. The van der Waals surface area contributed by atoms with Crippen molar-refractivity contribution in [1.29, 1.82) is 0 Å². The van der Waals surface area contributed by atoms with Gasteiger partial charge in [-0.15, -0.1) is 5.10 Å². The van der Waals surface area contributed by atoms with Crippen LogP contribution in [0.15, 0.2) is 28.9 Å². The SMILES string of the molecule is NCc1cn(CCOc2ccc(Br)c(F)c2)nn1. The molecule has 7 heteroatoms. The van der Waals surface area contributed by atoms with E-state index in [2.05, 4.69) is 26.2 Å². The van der Waals surface area contributed by atoms with Gasteiger partial charge in [-0.25, -0.2) is 9.07 Å². The summed E-state index contributed by atoms with van der Waals surface area (Å²) in [4.78, 5) is 0. The van der Waals surface area contributed by atoms with Crippen LogP contribution in [0.4, 0.5) is 4.39 Å². The zero-order valence-electron chi connectivity index (χ0n) is 9.51. The van der Waals surface area contributed by atoms with Gasteiger partial charge in [-0.2, -0.15) is 0 Å². The molecule has 0 bridgehead atoms. The first-order valence-corrected chi connectivity index (χ1v) is 6.15. The molecule has 1 aromatic carbocycles. The minimum Gasteiger partial charge on any atom is -0.492 e. The van der Waals surface area contributed by atoms with Crippen LogP contribution < -0.4 is 10.5 Å². The first kappa shape index (κ1) is 13.0. The van der Waals surface area contributed by atoms with E-state index in [0.29, 0.717) is 29.9 Å². The highest BCUT2D eigenvalue weighted by atomic mass is 79.9. The van der Waals surface area contributed by atoms with E-state index in [9.17, 15) is 4.39 Å². The molecular weight excluding hydrogens is 303 g/mol. The molecule has 18 heavy (non-hydrogen) atoms. The average molecular weight is 315 g/mol. The highest BCUT2D eigenvalue weighted by Gasteiger charge is 2.02. The fourth-order valence-corrected chi connectivity index (χ4v) is 1.61. The normalized spacial score (nSPS) is 10.6. The highest BCUT2D eigenvalue weighted by Crippen LogP contribution is 2.20. The second kappa shape index (κ2) is 5.92. The quantitative estimate of drug-likeness (QED) is 0.912. The molecule has 0 fully saturated rings. The van der Waals surface area contributed by atoms with Gasteiger partial charge >= 0.3 is 0 Å². The summed E-state index contributed by atoms with van der Waals surface area (Å²) in [6.07, 6.45) is 1.76. The molecule has 0 spiro atoms. The van der Waals surface area contributed by atoms with E-state index in [0.717, 1.165) is 5.69 Å². The number of ether oxygens (including phenoxy) is 1. The molecule has 2 rings (SSSR count). The van der Waals surface area contributed by atoms with E-state index in [-0.39, 0.29) is 5.82 Å². The van der Waals surface area contributed by atoms with Crippen molar-refractivity contribution >= 4 is 15.9 Å². The molecule has 2 N–H and O–H groups in total.